The smallest absolute Gasteiger partial charge is 0.0676 e. The Labute approximate surface area is 102 Å². The van der Waals surface area contributed by atoms with Crippen LogP contribution in [0, 0.1) is 0 Å². The number of nitrogens with two attached hydrogens (primary N) is 1. The van der Waals surface area contributed by atoms with E-state index in [2.05, 4.69) is 38.2 Å². The van der Waals surface area contributed by atoms with E-state index < -0.39 is 0 Å². The highest BCUT2D eigenvalue weighted by atomic mass is 35.5. The maximum Gasteiger partial charge on any atom is 0.0676 e. The van der Waals surface area contributed by atoms with Crippen LogP contribution >= 0.6 is 11.6 Å². The summed E-state index contributed by atoms with van der Waals surface area (Å²) in [4.78, 5) is 0. The molecule has 0 aromatic heterocycles. The third kappa shape index (κ3) is 1.97. The monoisotopic (exact) mass is 238 g/mol. The van der Waals surface area contributed by atoms with Gasteiger partial charge >= 0.3 is 0 Å². The molecule has 16 heavy (non-hydrogen) atoms. The Morgan fingerprint density at radius 1 is 1.31 bits per heavy atom. The summed E-state index contributed by atoms with van der Waals surface area (Å²) in [5, 5.41) is 3.98. The highest BCUT2D eigenvalue weighted by molar-refractivity contribution is 6.31. The van der Waals surface area contributed by atoms with Crippen molar-refractivity contribution in [2.75, 3.05) is 13.1 Å². The number of nitrogens with one attached hydrogen (secondary N) is 1. The standard InChI is InChI=1S/C13H19ClN2/c1-12(2,3)9-4-5-10(11(14)6-9)13(15)7-16-8-13/h4-6,16H,7-8,15H2,1-3H3. The predicted octanol–water partition coefficient (Wildman–Crippen LogP) is 2.39. The lowest BCUT2D eigenvalue weighted by atomic mass is 9.81. The third-order valence-electron chi connectivity index (χ3n) is 3.25. The zero-order valence-electron chi connectivity index (χ0n) is 10.1. The van der Waals surface area contributed by atoms with Crippen molar-refractivity contribution in [3.05, 3.63) is 34.3 Å². The van der Waals surface area contributed by atoms with E-state index in [1.807, 2.05) is 6.07 Å². The topological polar surface area (TPSA) is 38.0 Å². The summed E-state index contributed by atoms with van der Waals surface area (Å²) in [7, 11) is 0. The number of rotatable bonds is 1. The van der Waals surface area contributed by atoms with Crippen LogP contribution in [0.3, 0.4) is 0 Å². The van der Waals surface area contributed by atoms with E-state index >= 15 is 0 Å². The van der Waals surface area contributed by atoms with Crippen molar-refractivity contribution in [1.29, 1.82) is 0 Å². The number of hydrogen-bond donors (Lipinski definition) is 2. The summed E-state index contributed by atoms with van der Waals surface area (Å²) >= 11 is 6.32. The van der Waals surface area contributed by atoms with Crippen LogP contribution in [0.4, 0.5) is 0 Å². The molecule has 1 aromatic carbocycles. The molecule has 2 nitrogen and oxygen atoms in total. The van der Waals surface area contributed by atoms with Crippen LogP contribution in [0.5, 0.6) is 0 Å². The van der Waals surface area contributed by atoms with E-state index in [4.69, 9.17) is 17.3 Å². The molecule has 0 bridgehead atoms. The molecule has 0 aliphatic carbocycles. The summed E-state index contributed by atoms with van der Waals surface area (Å²) in [5.74, 6) is 0. The summed E-state index contributed by atoms with van der Waals surface area (Å²) < 4.78 is 0. The van der Waals surface area contributed by atoms with E-state index in [1.54, 1.807) is 0 Å². The van der Waals surface area contributed by atoms with Crippen molar-refractivity contribution in [2.24, 2.45) is 5.73 Å². The highest BCUT2D eigenvalue weighted by Crippen LogP contribution is 2.33. The van der Waals surface area contributed by atoms with Crippen LogP contribution in [0.15, 0.2) is 18.2 Å². The van der Waals surface area contributed by atoms with Gasteiger partial charge in [-0.1, -0.05) is 44.5 Å². The van der Waals surface area contributed by atoms with Crippen LogP contribution in [-0.2, 0) is 11.0 Å². The summed E-state index contributed by atoms with van der Waals surface area (Å²) in [5.41, 5.74) is 8.40. The van der Waals surface area contributed by atoms with Crippen LogP contribution in [0.1, 0.15) is 31.9 Å². The number of benzene rings is 1. The van der Waals surface area contributed by atoms with Crippen molar-refractivity contribution in [3.8, 4) is 0 Å². The van der Waals surface area contributed by atoms with Crippen molar-refractivity contribution in [2.45, 2.75) is 31.7 Å². The lowest BCUT2D eigenvalue weighted by Gasteiger charge is -2.40. The second-order valence-corrected chi connectivity index (χ2v) is 6.11. The van der Waals surface area contributed by atoms with Crippen LogP contribution < -0.4 is 11.1 Å². The Morgan fingerprint density at radius 2 is 1.94 bits per heavy atom. The minimum absolute atomic E-state index is 0.127. The van der Waals surface area contributed by atoms with Crippen LogP contribution in [-0.4, -0.2) is 13.1 Å². The quantitative estimate of drug-likeness (QED) is 0.789. The van der Waals surface area contributed by atoms with Crippen molar-refractivity contribution in [3.63, 3.8) is 0 Å². The molecule has 0 atom stereocenters. The summed E-state index contributed by atoms with van der Waals surface area (Å²) in [6, 6.07) is 6.25. The van der Waals surface area contributed by atoms with E-state index in [1.165, 1.54) is 5.56 Å². The predicted molar refractivity (Wildman–Crippen MR) is 68.9 cm³/mol. The fourth-order valence-corrected chi connectivity index (χ4v) is 2.34. The molecule has 1 heterocycles. The fraction of sp³-hybridized carbons (Fsp3) is 0.538. The number of halogens is 1. The Kier molecular flexibility index (Phi) is 2.77. The first-order chi connectivity index (χ1) is 7.33. The maximum absolute atomic E-state index is 6.32. The second kappa shape index (κ2) is 3.73. The molecule has 0 spiro atoms. The van der Waals surface area contributed by atoms with Crippen LogP contribution in [0.25, 0.3) is 0 Å². The average molecular weight is 239 g/mol. The molecule has 1 saturated heterocycles. The van der Waals surface area contributed by atoms with Gasteiger partial charge in [-0.3, -0.25) is 0 Å². The third-order valence-corrected chi connectivity index (χ3v) is 3.57. The first kappa shape index (κ1) is 11.9. The van der Waals surface area contributed by atoms with Gasteiger partial charge in [0.2, 0.25) is 0 Å². The van der Waals surface area contributed by atoms with Crippen molar-refractivity contribution < 1.29 is 0 Å². The fourth-order valence-electron chi connectivity index (χ4n) is 1.97. The molecule has 88 valence electrons. The Bertz CT molecular complexity index is 403. The molecular weight excluding hydrogens is 220 g/mol. The molecule has 1 aliphatic rings. The van der Waals surface area contributed by atoms with Crippen molar-refractivity contribution in [1.82, 2.24) is 5.32 Å². The van der Waals surface area contributed by atoms with Gasteiger partial charge in [-0.05, 0) is 22.6 Å². The van der Waals surface area contributed by atoms with E-state index in [0.29, 0.717) is 0 Å². The Hall–Kier alpha value is -0.570. The minimum atomic E-state index is -0.270. The van der Waals surface area contributed by atoms with Gasteiger partial charge in [0.05, 0.1) is 5.54 Å². The van der Waals surface area contributed by atoms with E-state index in [9.17, 15) is 0 Å². The van der Waals surface area contributed by atoms with Gasteiger partial charge in [-0.25, -0.2) is 0 Å². The molecular formula is C13H19ClN2. The first-order valence-corrected chi connectivity index (χ1v) is 6.01. The van der Waals surface area contributed by atoms with Gasteiger partial charge in [0.25, 0.3) is 0 Å². The van der Waals surface area contributed by atoms with Gasteiger partial charge in [-0.15, -0.1) is 0 Å². The lowest BCUT2D eigenvalue weighted by molar-refractivity contribution is 0.287. The lowest BCUT2D eigenvalue weighted by Crippen LogP contribution is -2.62. The molecule has 3 heteroatoms. The van der Waals surface area contributed by atoms with Gasteiger partial charge < -0.3 is 11.1 Å². The molecule has 0 radical (unpaired) electrons. The first-order valence-electron chi connectivity index (χ1n) is 5.63. The molecule has 1 aromatic rings. The van der Waals surface area contributed by atoms with Crippen LogP contribution in [0.2, 0.25) is 5.02 Å². The molecule has 0 unspecified atom stereocenters. The zero-order chi connectivity index (χ0) is 12.0. The van der Waals surface area contributed by atoms with Gasteiger partial charge in [0.1, 0.15) is 0 Å². The molecule has 0 amide bonds. The molecule has 3 N–H and O–H groups in total. The van der Waals surface area contributed by atoms with Crippen molar-refractivity contribution >= 4 is 11.6 Å². The Morgan fingerprint density at radius 3 is 2.31 bits per heavy atom. The molecule has 1 fully saturated rings. The Balaban J connectivity index is 2.37. The number of hydrogen-bond acceptors (Lipinski definition) is 2. The summed E-state index contributed by atoms with van der Waals surface area (Å²) in [6.07, 6.45) is 0. The van der Waals surface area contributed by atoms with E-state index in [-0.39, 0.29) is 11.0 Å². The summed E-state index contributed by atoms with van der Waals surface area (Å²) in [6.45, 7) is 8.16. The van der Waals surface area contributed by atoms with Gasteiger partial charge in [0.15, 0.2) is 0 Å². The van der Waals surface area contributed by atoms with Gasteiger partial charge in [0, 0.05) is 18.1 Å². The SMILES string of the molecule is CC(C)(C)c1ccc(C2(N)CNC2)c(Cl)c1. The minimum Gasteiger partial charge on any atom is -0.319 e. The average Bonchev–Trinajstić information content (AvgIpc) is 2.12. The highest BCUT2D eigenvalue weighted by Gasteiger charge is 2.36. The van der Waals surface area contributed by atoms with Gasteiger partial charge in [-0.2, -0.15) is 0 Å². The molecule has 0 saturated carbocycles. The second-order valence-electron chi connectivity index (χ2n) is 5.70. The maximum atomic E-state index is 6.32. The molecule has 1 aliphatic heterocycles. The largest absolute Gasteiger partial charge is 0.319 e. The normalized spacial score (nSPS) is 19.3. The molecule has 2 rings (SSSR count). The van der Waals surface area contributed by atoms with E-state index in [0.717, 1.165) is 23.7 Å². The zero-order valence-corrected chi connectivity index (χ0v) is 10.9.